The lowest BCUT2D eigenvalue weighted by molar-refractivity contribution is -0.171. The first-order valence-electron chi connectivity index (χ1n) is 7.17. The van der Waals surface area contributed by atoms with Gasteiger partial charge < -0.3 is 5.11 Å². The van der Waals surface area contributed by atoms with Crippen LogP contribution in [0.15, 0.2) is 0 Å². The predicted octanol–water partition coefficient (Wildman–Crippen LogP) is 2.25. The summed E-state index contributed by atoms with van der Waals surface area (Å²) < 4.78 is 0. The molecule has 1 heterocycles. The summed E-state index contributed by atoms with van der Waals surface area (Å²) in [5.41, 5.74) is -2.07. The largest absolute Gasteiger partial charge is 0.388 e. The second-order valence-electron chi connectivity index (χ2n) is 7.30. The smallest absolute Gasteiger partial charge is 0.230 e. The Kier molecular flexibility index (Phi) is 3.28. The summed E-state index contributed by atoms with van der Waals surface area (Å²) in [6.45, 7) is 6.81. The van der Waals surface area contributed by atoms with Crippen LogP contribution in [0.5, 0.6) is 0 Å². The van der Waals surface area contributed by atoms with Gasteiger partial charge in [0.2, 0.25) is 11.8 Å². The van der Waals surface area contributed by atoms with Crippen LogP contribution in [-0.4, -0.2) is 33.0 Å². The molecule has 1 aliphatic heterocycles. The third kappa shape index (κ3) is 2.31. The quantitative estimate of drug-likeness (QED) is 0.781. The van der Waals surface area contributed by atoms with Crippen molar-refractivity contribution in [3.05, 3.63) is 0 Å². The second-order valence-corrected chi connectivity index (χ2v) is 7.30. The summed E-state index contributed by atoms with van der Waals surface area (Å²) in [5.74, 6) is -0.240. The first-order valence-corrected chi connectivity index (χ1v) is 7.17. The normalized spacial score (nSPS) is 24.4. The highest BCUT2D eigenvalue weighted by atomic mass is 16.3. The molecule has 1 N–H and O–H groups in total. The molecule has 2 amide bonds. The van der Waals surface area contributed by atoms with Gasteiger partial charge in [0.25, 0.3) is 0 Å². The number of hydrogen-bond acceptors (Lipinski definition) is 3. The molecule has 4 heteroatoms. The molecule has 1 spiro atoms. The van der Waals surface area contributed by atoms with Crippen molar-refractivity contribution in [2.24, 2.45) is 5.41 Å². The molecule has 19 heavy (non-hydrogen) atoms. The first kappa shape index (κ1) is 14.5. The molecule has 2 rings (SSSR count). The van der Waals surface area contributed by atoms with Crippen molar-refractivity contribution < 1.29 is 14.7 Å². The van der Waals surface area contributed by atoms with Gasteiger partial charge in [0.15, 0.2) is 0 Å². The number of imide groups is 1. The lowest BCUT2D eigenvalue weighted by Crippen LogP contribution is -2.64. The van der Waals surface area contributed by atoms with Gasteiger partial charge in [0.1, 0.15) is 0 Å². The van der Waals surface area contributed by atoms with Crippen LogP contribution >= 0.6 is 0 Å². The number of nitrogens with zero attached hydrogens (tertiary/aromatic N) is 1. The van der Waals surface area contributed by atoms with Crippen LogP contribution in [-0.2, 0) is 9.59 Å². The second kappa shape index (κ2) is 4.30. The summed E-state index contributed by atoms with van der Waals surface area (Å²) in [6, 6.07) is 0. The Morgan fingerprint density at radius 2 is 1.42 bits per heavy atom. The van der Waals surface area contributed by atoms with E-state index in [9.17, 15) is 14.7 Å². The number of hydrogen-bond donors (Lipinski definition) is 1. The van der Waals surface area contributed by atoms with E-state index in [0.29, 0.717) is 12.8 Å². The maximum absolute atomic E-state index is 12.5. The molecule has 108 valence electrons. The molecule has 0 atom stereocenters. The zero-order chi connectivity index (χ0) is 14.5. The minimum absolute atomic E-state index is 0.0830. The Labute approximate surface area is 115 Å². The van der Waals surface area contributed by atoms with Gasteiger partial charge in [-0.2, -0.15) is 0 Å². The lowest BCUT2D eigenvalue weighted by Gasteiger charge is -2.49. The Hall–Kier alpha value is -0.900. The number of aliphatic hydroxyl groups is 1. The van der Waals surface area contributed by atoms with Crippen molar-refractivity contribution in [2.45, 2.75) is 77.4 Å². The number of piperidine rings is 1. The van der Waals surface area contributed by atoms with E-state index in [1.165, 1.54) is 4.90 Å². The van der Waals surface area contributed by atoms with Crippen LogP contribution in [0.2, 0.25) is 0 Å². The molecule has 4 nitrogen and oxygen atoms in total. The predicted molar refractivity (Wildman–Crippen MR) is 72.4 cm³/mol. The molecule has 2 fully saturated rings. The van der Waals surface area contributed by atoms with E-state index >= 15 is 0 Å². The molecule has 2 aliphatic rings. The summed E-state index contributed by atoms with van der Waals surface area (Å²) in [7, 11) is 0. The molecule has 0 unspecified atom stereocenters. The highest BCUT2D eigenvalue weighted by Gasteiger charge is 2.52. The third-order valence-electron chi connectivity index (χ3n) is 5.27. The van der Waals surface area contributed by atoms with Gasteiger partial charge >= 0.3 is 0 Å². The number of rotatable bonds is 2. The minimum atomic E-state index is -1.11. The topological polar surface area (TPSA) is 57.6 Å². The summed E-state index contributed by atoms with van der Waals surface area (Å²) in [5, 5.41) is 10.2. The monoisotopic (exact) mass is 267 g/mol. The van der Waals surface area contributed by atoms with E-state index in [-0.39, 0.29) is 17.2 Å². The highest BCUT2D eigenvalue weighted by molar-refractivity contribution is 5.99. The average Bonchev–Trinajstić information content (AvgIpc) is 2.62. The van der Waals surface area contributed by atoms with Gasteiger partial charge in [-0.3, -0.25) is 14.5 Å². The van der Waals surface area contributed by atoms with Gasteiger partial charge in [-0.05, 0) is 46.0 Å². The van der Waals surface area contributed by atoms with Gasteiger partial charge in [-0.1, -0.05) is 12.8 Å². The van der Waals surface area contributed by atoms with Crippen LogP contribution in [0.3, 0.4) is 0 Å². The van der Waals surface area contributed by atoms with Crippen LogP contribution in [0.25, 0.3) is 0 Å². The van der Waals surface area contributed by atoms with Gasteiger partial charge in [0, 0.05) is 12.8 Å². The van der Waals surface area contributed by atoms with Gasteiger partial charge in [-0.25, -0.2) is 0 Å². The third-order valence-corrected chi connectivity index (χ3v) is 5.27. The summed E-state index contributed by atoms with van der Waals surface area (Å²) in [6.07, 6.45) is 5.13. The molecule has 0 bridgehead atoms. The summed E-state index contributed by atoms with van der Waals surface area (Å²) in [4.78, 5) is 26.2. The molecule has 1 saturated heterocycles. The Balaban J connectivity index is 2.26. The van der Waals surface area contributed by atoms with E-state index < -0.39 is 11.1 Å². The SMILES string of the molecule is CC(C)(O)C(C)(C)N1C(=O)CC2(CCCC2)CC1=O. The molecule has 0 aromatic rings. The Morgan fingerprint density at radius 3 is 1.79 bits per heavy atom. The van der Waals surface area contributed by atoms with Crippen molar-refractivity contribution in [3.63, 3.8) is 0 Å². The standard InChI is InChI=1S/C15H25NO3/c1-13(2,14(3,4)19)16-11(17)9-15(10-12(16)18)7-5-6-8-15/h19H,5-10H2,1-4H3. The average molecular weight is 267 g/mol. The van der Waals surface area contributed by atoms with Crippen LogP contribution in [0, 0.1) is 5.41 Å². The van der Waals surface area contributed by atoms with Crippen molar-refractivity contribution in [2.75, 3.05) is 0 Å². The van der Waals surface area contributed by atoms with E-state index in [1.54, 1.807) is 27.7 Å². The van der Waals surface area contributed by atoms with Crippen molar-refractivity contribution in [3.8, 4) is 0 Å². The fourth-order valence-electron chi connectivity index (χ4n) is 3.38. The first-order chi connectivity index (χ1) is 8.59. The molecule has 0 aromatic carbocycles. The number of amides is 2. The zero-order valence-corrected chi connectivity index (χ0v) is 12.5. The lowest BCUT2D eigenvalue weighted by atomic mass is 9.73. The number of carbonyl (C=O) groups is 2. The molecular formula is C15H25NO3. The maximum Gasteiger partial charge on any atom is 0.230 e. The fourth-order valence-corrected chi connectivity index (χ4v) is 3.38. The van der Waals surface area contributed by atoms with Gasteiger partial charge in [-0.15, -0.1) is 0 Å². The highest BCUT2D eigenvalue weighted by Crippen LogP contribution is 2.48. The van der Waals surface area contributed by atoms with E-state index in [4.69, 9.17) is 0 Å². The maximum atomic E-state index is 12.5. The molecule has 1 aliphatic carbocycles. The summed E-state index contributed by atoms with van der Waals surface area (Å²) >= 11 is 0. The van der Waals surface area contributed by atoms with E-state index in [0.717, 1.165) is 25.7 Å². The number of carbonyl (C=O) groups excluding carboxylic acids is 2. The molecule has 1 saturated carbocycles. The van der Waals surface area contributed by atoms with Crippen LogP contribution < -0.4 is 0 Å². The molecule has 0 aromatic heterocycles. The van der Waals surface area contributed by atoms with Crippen molar-refractivity contribution in [1.29, 1.82) is 0 Å². The molecule has 0 radical (unpaired) electrons. The fraction of sp³-hybridized carbons (Fsp3) is 0.867. The molecular weight excluding hydrogens is 242 g/mol. The van der Waals surface area contributed by atoms with E-state index in [1.807, 2.05) is 0 Å². The van der Waals surface area contributed by atoms with E-state index in [2.05, 4.69) is 0 Å². The van der Waals surface area contributed by atoms with Crippen molar-refractivity contribution in [1.82, 2.24) is 4.90 Å². The van der Waals surface area contributed by atoms with Crippen LogP contribution in [0.1, 0.15) is 66.2 Å². The van der Waals surface area contributed by atoms with Crippen molar-refractivity contribution >= 4 is 11.8 Å². The number of likely N-dealkylation sites (tertiary alicyclic amines) is 1. The Bertz CT molecular complexity index is 380. The minimum Gasteiger partial charge on any atom is -0.388 e. The Morgan fingerprint density at radius 1 is 1.00 bits per heavy atom. The van der Waals surface area contributed by atoms with Gasteiger partial charge in [0.05, 0.1) is 11.1 Å². The van der Waals surface area contributed by atoms with Crippen LogP contribution in [0.4, 0.5) is 0 Å². The zero-order valence-electron chi connectivity index (χ0n) is 12.5.